The minimum atomic E-state index is 0.159. The Morgan fingerprint density at radius 1 is 1.39 bits per heavy atom. The molecular formula is C17H23N5O. The van der Waals surface area contributed by atoms with Crippen LogP contribution in [0.4, 0.5) is 0 Å². The van der Waals surface area contributed by atoms with E-state index in [4.69, 9.17) is 4.98 Å². The van der Waals surface area contributed by atoms with E-state index >= 15 is 0 Å². The molecular weight excluding hydrogens is 290 g/mol. The summed E-state index contributed by atoms with van der Waals surface area (Å²) >= 11 is 0. The molecule has 4 rings (SSSR count). The summed E-state index contributed by atoms with van der Waals surface area (Å²) in [5, 5.41) is 3.34. The minimum Gasteiger partial charge on any atom is -0.342 e. The zero-order chi connectivity index (χ0) is 15.8. The predicted octanol–water partition coefficient (Wildman–Crippen LogP) is 1.28. The van der Waals surface area contributed by atoms with E-state index in [1.165, 1.54) is 0 Å². The summed E-state index contributed by atoms with van der Waals surface area (Å²) in [5.74, 6) is 1.88. The van der Waals surface area contributed by atoms with E-state index in [1.54, 1.807) is 6.20 Å². The lowest BCUT2D eigenvalue weighted by atomic mass is 9.98. The highest BCUT2D eigenvalue weighted by molar-refractivity contribution is 5.79. The number of carbonyl (C=O) groups excluding carboxylic acids is 1. The number of hydrogen-bond donors (Lipinski definition) is 1. The van der Waals surface area contributed by atoms with Gasteiger partial charge in [0, 0.05) is 38.8 Å². The SMILES string of the molecule is Cn1c(C2CCN(C(=O)C3CCCNC3)C2)nc2ccncc21. The van der Waals surface area contributed by atoms with Crippen molar-refractivity contribution < 1.29 is 4.79 Å². The fourth-order valence-corrected chi connectivity index (χ4v) is 3.91. The fraction of sp³-hybridized carbons (Fsp3) is 0.588. The van der Waals surface area contributed by atoms with Crippen LogP contribution in [-0.4, -0.2) is 51.5 Å². The maximum Gasteiger partial charge on any atom is 0.226 e. The Hall–Kier alpha value is -1.95. The van der Waals surface area contributed by atoms with E-state index in [0.29, 0.717) is 11.8 Å². The quantitative estimate of drug-likeness (QED) is 0.907. The van der Waals surface area contributed by atoms with Crippen molar-refractivity contribution in [2.45, 2.75) is 25.2 Å². The van der Waals surface area contributed by atoms with Crippen LogP contribution in [0, 0.1) is 5.92 Å². The second kappa shape index (κ2) is 5.92. The largest absolute Gasteiger partial charge is 0.342 e. The molecule has 6 heteroatoms. The van der Waals surface area contributed by atoms with Gasteiger partial charge in [0.25, 0.3) is 0 Å². The fourth-order valence-electron chi connectivity index (χ4n) is 3.91. The van der Waals surface area contributed by atoms with Gasteiger partial charge in [-0.25, -0.2) is 4.98 Å². The van der Waals surface area contributed by atoms with Gasteiger partial charge in [-0.1, -0.05) is 0 Å². The topological polar surface area (TPSA) is 63.1 Å². The molecule has 6 nitrogen and oxygen atoms in total. The van der Waals surface area contributed by atoms with Crippen LogP contribution in [0.3, 0.4) is 0 Å². The molecule has 2 aliphatic heterocycles. The molecule has 0 saturated carbocycles. The van der Waals surface area contributed by atoms with E-state index in [-0.39, 0.29) is 5.92 Å². The van der Waals surface area contributed by atoms with Crippen LogP contribution in [0.1, 0.15) is 31.0 Å². The molecule has 2 fully saturated rings. The second-order valence-corrected chi connectivity index (χ2v) is 6.71. The first-order valence-electron chi connectivity index (χ1n) is 8.50. The van der Waals surface area contributed by atoms with Gasteiger partial charge in [0.2, 0.25) is 5.91 Å². The van der Waals surface area contributed by atoms with Crippen LogP contribution in [-0.2, 0) is 11.8 Å². The number of piperidine rings is 1. The van der Waals surface area contributed by atoms with Crippen molar-refractivity contribution in [3.8, 4) is 0 Å². The molecule has 0 aromatic carbocycles. The van der Waals surface area contributed by atoms with Crippen LogP contribution in [0.2, 0.25) is 0 Å². The van der Waals surface area contributed by atoms with Gasteiger partial charge in [-0.15, -0.1) is 0 Å². The highest BCUT2D eigenvalue weighted by Gasteiger charge is 2.33. The van der Waals surface area contributed by atoms with E-state index in [2.05, 4.69) is 14.9 Å². The average molecular weight is 313 g/mol. The summed E-state index contributed by atoms with van der Waals surface area (Å²) in [6, 6.07) is 1.95. The zero-order valence-corrected chi connectivity index (χ0v) is 13.5. The standard InChI is InChI=1S/C17H23N5O/c1-21-15-10-19-7-4-14(15)20-16(21)13-5-8-22(11-13)17(23)12-3-2-6-18-9-12/h4,7,10,12-13,18H,2-3,5-6,8-9,11H2,1H3. The highest BCUT2D eigenvalue weighted by atomic mass is 16.2. The first-order chi connectivity index (χ1) is 11.2. The van der Waals surface area contributed by atoms with Gasteiger partial charge in [0.15, 0.2) is 0 Å². The van der Waals surface area contributed by atoms with Crippen LogP contribution in [0.5, 0.6) is 0 Å². The maximum absolute atomic E-state index is 12.7. The predicted molar refractivity (Wildman–Crippen MR) is 88.0 cm³/mol. The third-order valence-corrected chi connectivity index (χ3v) is 5.23. The normalized spacial score (nSPS) is 25.2. The number of hydrogen-bond acceptors (Lipinski definition) is 4. The van der Waals surface area contributed by atoms with Gasteiger partial charge in [0.1, 0.15) is 5.82 Å². The van der Waals surface area contributed by atoms with E-state index < -0.39 is 0 Å². The lowest BCUT2D eigenvalue weighted by Gasteiger charge is -2.26. The van der Waals surface area contributed by atoms with Crippen molar-refractivity contribution in [3.63, 3.8) is 0 Å². The van der Waals surface area contributed by atoms with Crippen LogP contribution in [0.25, 0.3) is 11.0 Å². The minimum absolute atomic E-state index is 0.159. The van der Waals surface area contributed by atoms with E-state index in [0.717, 1.165) is 62.3 Å². The third kappa shape index (κ3) is 2.61. The molecule has 23 heavy (non-hydrogen) atoms. The number of aryl methyl sites for hydroxylation is 1. The number of nitrogens with one attached hydrogen (secondary N) is 1. The van der Waals surface area contributed by atoms with Crippen molar-refractivity contribution in [2.24, 2.45) is 13.0 Å². The van der Waals surface area contributed by atoms with Crippen molar-refractivity contribution >= 4 is 16.9 Å². The average Bonchev–Trinajstić information content (AvgIpc) is 3.20. The Morgan fingerprint density at radius 2 is 2.30 bits per heavy atom. The molecule has 0 radical (unpaired) electrons. The maximum atomic E-state index is 12.7. The van der Waals surface area contributed by atoms with Crippen LogP contribution >= 0.6 is 0 Å². The van der Waals surface area contributed by atoms with Crippen molar-refractivity contribution in [1.82, 2.24) is 24.8 Å². The van der Waals surface area contributed by atoms with Gasteiger partial charge in [-0.2, -0.15) is 0 Å². The number of carbonyl (C=O) groups is 1. The smallest absolute Gasteiger partial charge is 0.226 e. The van der Waals surface area contributed by atoms with Crippen molar-refractivity contribution in [1.29, 1.82) is 0 Å². The summed E-state index contributed by atoms with van der Waals surface area (Å²) in [7, 11) is 2.04. The second-order valence-electron chi connectivity index (χ2n) is 6.71. The molecule has 2 aliphatic rings. The van der Waals surface area contributed by atoms with Crippen molar-refractivity contribution in [2.75, 3.05) is 26.2 Å². The molecule has 2 unspecified atom stereocenters. The summed E-state index contributed by atoms with van der Waals surface area (Å²) in [6.07, 6.45) is 6.75. The molecule has 1 N–H and O–H groups in total. The molecule has 0 aliphatic carbocycles. The van der Waals surface area contributed by atoms with E-state index in [9.17, 15) is 4.79 Å². The number of rotatable bonds is 2. The van der Waals surface area contributed by atoms with Gasteiger partial charge in [-0.3, -0.25) is 9.78 Å². The van der Waals surface area contributed by atoms with Crippen molar-refractivity contribution in [3.05, 3.63) is 24.3 Å². The number of aromatic nitrogens is 3. The molecule has 4 heterocycles. The van der Waals surface area contributed by atoms with E-state index in [1.807, 2.05) is 24.2 Å². The first kappa shape index (κ1) is 14.6. The Bertz CT molecular complexity index is 719. The summed E-state index contributed by atoms with van der Waals surface area (Å²) in [6.45, 7) is 3.51. The Morgan fingerprint density at radius 3 is 3.09 bits per heavy atom. The van der Waals surface area contributed by atoms with Crippen LogP contribution in [0.15, 0.2) is 18.5 Å². The molecule has 2 saturated heterocycles. The number of likely N-dealkylation sites (tertiary alicyclic amines) is 1. The summed E-state index contributed by atoms with van der Waals surface area (Å²) in [5.41, 5.74) is 2.04. The molecule has 2 atom stereocenters. The molecule has 2 aromatic rings. The number of pyridine rings is 1. The van der Waals surface area contributed by atoms with Gasteiger partial charge >= 0.3 is 0 Å². The monoisotopic (exact) mass is 313 g/mol. The molecule has 0 spiro atoms. The number of nitrogens with zero attached hydrogens (tertiary/aromatic N) is 4. The third-order valence-electron chi connectivity index (χ3n) is 5.23. The molecule has 122 valence electrons. The Labute approximate surface area is 135 Å². The summed E-state index contributed by atoms with van der Waals surface area (Å²) < 4.78 is 2.13. The number of amides is 1. The summed E-state index contributed by atoms with van der Waals surface area (Å²) in [4.78, 5) is 23.7. The molecule has 2 aromatic heterocycles. The van der Waals surface area contributed by atoms with Gasteiger partial charge in [-0.05, 0) is 31.9 Å². The lowest BCUT2D eigenvalue weighted by Crippen LogP contribution is -2.42. The Balaban J connectivity index is 1.51. The highest BCUT2D eigenvalue weighted by Crippen LogP contribution is 2.30. The lowest BCUT2D eigenvalue weighted by molar-refractivity contribution is -0.135. The number of imidazole rings is 1. The first-order valence-corrected chi connectivity index (χ1v) is 8.50. The van der Waals surface area contributed by atoms with Crippen LogP contribution < -0.4 is 5.32 Å². The zero-order valence-electron chi connectivity index (χ0n) is 13.5. The Kier molecular flexibility index (Phi) is 3.77. The molecule has 1 amide bonds. The van der Waals surface area contributed by atoms with Gasteiger partial charge in [0.05, 0.1) is 23.1 Å². The molecule has 0 bridgehead atoms. The number of fused-ring (bicyclic) bond motifs is 1. The van der Waals surface area contributed by atoms with Gasteiger partial charge < -0.3 is 14.8 Å².